The smallest absolute Gasteiger partial charge is 0.417 e. The van der Waals surface area contributed by atoms with Crippen molar-refractivity contribution in [1.29, 1.82) is 0 Å². The van der Waals surface area contributed by atoms with Crippen LogP contribution < -0.4 is 14.4 Å². The van der Waals surface area contributed by atoms with Gasteiger partial charge in [0.1, 0.15) is 18.5 Å². The van der Waals surface area contributed by atoms with Gasteiger partial charge in [0.05, 0.1) is 12.7 Å². The molecule has 1 atom stereocenters. The summed E-state index contributed by atoms with van der Waals surface area (Å²) in [4.78, 5) is 7.97. The number of rotatable bonds is 7. The van der Waals surface area contributed by atoms with Crippen molar-refractivity contribution in [2.75, 3.05) is 51.3 Å². The number of methoxy groups -OCH3 is 1. The van der Waals surface area contributed by atoms with Crippen molar-refractivity contribution in [3.63, 3.8) is 0 Å². The van der Waals surface area contributed by atoms with Crippen LogP contribution in [0.15, 0.2) is 42.6 Å². The molecule has 158 valence electrons. The number of aliphatic hydroxyl groups is 1. The summed E-state index contributed by atoms with van der Waals surface area (Å²) in [7, 11) is 1.56. The van der Waals surface area contributed by atoms with Gasteiger partial charge in [-0.2, -0.15) is 13.2 Å². The number of pyridine rings is 1. The Hall–Kier alpha value is -2.52. The SMILES string of the molecule is COc1ccccc1OCC(O)CN1CCN(c2ccc(C(F)(F)F)cn2)CC1. The molecule has 9 heteroatoms. The first-order valence-electron chi connectivity index (χ1n) is 9.31. The average Bonchev–Trinajstić information content (AvgIpc) is 2.72. The molecule has 0 amide bonds. The van der Waals surface area contributed by atoms with Crippen molar-refractivity contribution in [3.8, 4) is 11.5 Å². The summed E-state index contributed by atoms with van der Waals surface area (Å²) in [5.41, 5.74) is -0.752. The highest BCUT2D eigenvalue weighted by molar-refractivity contribution is 5.40. The topological polar surface area (TPSA) is 58.1 Å². The molecular formula is C20H24F3N3O3. The summed E-state index contributed by atoms with van der Waals surface area (Å²) in [6.07, 6.45) is -4.19. The van der Waals surface area contributed by atoms with E-state index in [2.05, 4.69) is 9.88 Å². The first kappa shape index (κ1) is 21.2. The van der Waals surface area contributed by atoms with Gasteiger partial charge in [0, 0.05) is 38.9 Å². The molecule has 0 aliphatic carbocycles. The molecule has 1 aliphatic rings. The molecule has 1 aromatic heterocycles. The highest BCUT2D eigenvalue weighted by atomic mass is 19.4. The monoisotopic (exact) mass is 411 g/mol. The molecule has 1 fully saturated rings. The van der Waals surface area contributed by atoms with Crippen LogP contribution in [-0.2, 0) is 6.18 Å². The molecule has 0 bridgehead atoms. The Kier molecular flexibility index (Phi) is 6.81. The lowest BCUT2D eigenvalue weighted by Gasteiger charge is -2.36. The third kappa shape index (κ3) is 5.74. The second kappa shape index (κ2) is 9.32. The summed E-state index contributed by atoms with van der Waals surface area (Å²) in [6, 6.07) is 9.69. The Morgan fingerprint density at radius 1 is 1.07 bits per heavy atom. The molecule has 3 rings (SSSR count). The lowest BCUT2D eigenvalue weighted by Crippen LogP contribution is -2.49. The van der Waals surface area contributed by atoms with Gasteiger partial charge in [-0.15, -0.1) is 0 Å². The van der Waals surface area contributed by atoms with Crippen LogP contribution in [0.3, 0.4) is 0 Å². The molecule has 6 nitrogen and oxygen atoms in total. The second-order valence-electron chi connectivity index (χ2n) is 6.81. The minimum absolute atomic E-state index is 0.140. The Balaban J connectivity index is 1.44. The number of aliphatic hydroxyl groups excluding tert-OH is 1. The average molecular weight is 411 g/mol. The Morgan fingerprint density at radius 2 is 1.76 bits per heavy atom. The highest BCUT2D eigenvalue weighted by Crippen LogP contribution is 2.29. The van der Waals surface area contributed by atoms with Crippen molar-refractivity contribution in [2.24, 2.45) is 0 Å². The lowest BCUT2D eigenvalue weighted by atomic mass is 10.2. The van der Waals surface area contributed by atoms with Crippen molar-refractivity contribution in [3.05, 3.63) is 48.2 Å². The summed E-state index contributed by atoms with van der Waals surface area (Å²) in [5, 5.41) is 10.3. The number of aromatic nitrogens is 1. The van der Waals surface area contributed by atoms with Crippen LogP contribution in [0, 0.1) is 0 Å². The van der Waals surface area contributed by atoms with Crippen molar-refractivity contribution in [2.45, 2.75) is 12.3 Å². The van der Waals surface area contributed by atoms with Crippen molar-refractivity contribution in [1.82, 2.24) is 9.88 Å². The van der Waals surface area contributed by atoms with E-state index in [1.165, 1.54) is 6.07 Å². The van der Waals surface area contributed by atoms with Gasteiger partial charge in [-0.25, -0.2) is 4.98 Å². The third-order valence-corrected chi connectivity index (χ3v) is 4.74. The summed E-state index contributed by atoms with van der Waals surface area (Å²) in [5.74, 6) is 1.71. The van der Waals surface area contributed by atoms with Gasteiger partial charge in [0.2, 0.25) is 0 Å². The van der Waals surface area contributed by atoms with Crippen LogP contribution in [0.2, 0.25) is 0 Å². The van der Waals surface area contributed by atoms with Gasteiger partial charge in [-0.1, -0.05) is 12.1 Å². The van der Waals surface area contributed by atoms with E-state index < -0.39 is 17.8 Å². The number of benzene rings is 1. The largest absolute Gasteiger partial charge is 0.493 e. The molecule has 29 heavy (non-hydrogen) atoms. The number of anilines is 1. The quantitative estimate of drug-likeness (QED) is 0.756. The fourth-order valence-electron chi connectivity index (χ4n) is 3.18. The molecule has 0 saturated carbocycles. The van der Waals surface area contributed by atoms with Gasteiger partial charge in [-0.3, -0.25) is 4.90 Å². The number of hydrogen-bond donors (Lipinski definition) is 1. The summed E-state index contributed by atoms with van der Waals surface area (Å²) >= 11 is 0. The van der Waals surface area contributed by atoms with Crippen LogP contribution in [0.1, 0.15) is 5.56 Å². The van der Waals surface area contributed by atoms with Crippen molar-refractivity contribution >= 4 is 5.82 Å². The minimum Gasteiger partial charge on any atom is -0.493 e. The molecular weight excluding hydrogens is 387 g/mol. The number of alkyl halides is 3. The van der Waals surface area contributed by atoms with Crippen LogP contribution in [-0.4, -0.2) is 67.5 Å². The number of β-amino-alcohol motifs (C(OH)–C–C–N with tert-alkyl or cyclic N) is 1. The lowest BCUT2D eigenvalue weighted by molar-refractivity contribution is -0.137. The number of para-hydroxylation sites is 2. The maximum Gasteiger partial charge on any atom is 0.417 e. The third-order valence-electron chi connectivity index (χ3n) is 4.74. The van der Waals surface area contributed by atoms with Crippen LogP contribution >= 0.6 is 0 Å². The maximum absolute atomic E-state index is 12.6. The zero-order valence-electron chi connectivity index (χ0n) is 16.1. The fraction of sp³-hybridized carbons (Fsp3) is 0.450. The highest BCUT2D eigenvalue weighted by Gasteiger charge is 2.31. The number of halogens is 3. The second-order valence-corrected chi connectivity index (χ2v) is 6.81. The van der Waals surface area contributed by atoms with Gasteiger partial charge >= 0.3 is 6.18 Å². The van der Waals surface area contributed by atoms with Gasteiger partial charge in [0.25, 0.3) is 0 Å². The molecule has 1 N–H and O–H groups in total. The predicted octanol–water partition coefficient (Wildman–Crippen LogP) is 2.67. The first-order chi connectivity index (χ1) is 13.9. The predicted molar refractivity (Wildman–Crippen MR) is 102 cm³/mol. The standard InChI is InChI=1S/C20H24F3N3O3/c1-28-17-4-2-3-5-18(17)29-14-16(27)13-25-8-10-26(11-9-25)19-7-6-15(12-24-19)20(21,22)23/h2-7,12,16,27H,8-11,13-14H2,1H3. The van der Waals surface area contributed by atoms with E-state index in [9.17, 15) is 18.3 Å². The molecule has 2 heterocycles. The van der Waals surface area contributed by atoms with Gasteiger partial charge in [-0.05, 0) is 24.3 Å². The Labute approximate surface area is 167 Å². The van der Waals surface area contributed by atoms with E-state index in [1.54, 1.807) is 19.2 Å². The Morgan fingerprint density at radius 3 is 2.34 bits per heavy atom. The van der Waals surface area contributed by atoms with Crippen LogP contribution in [0.4, 0.5) is 19.0 Å². The fourth-order valence-corrected chi connectivity index (χ4v) is 3.18. The zero-order chi connectivity index (χ0) is 20.9. The van der Waals surface area contributed by atoms with Gasteiger partial charge < -0.3 is 19.5 Å². The van der Waals surface area contributed by atoms with E-state index in [1.807, 2.05) is 17.0 Å². The molecule has 1 saturated heterocycles. The van der Waals surface area contributed by atoms with Crippen LogP contribution in [0.25, 0.3) is 0 Å². The van der Waals surface area contributed by atoms with Gasteiger partial charge in [0.15, 0.2) is 11.5 Å². The number of nitrogens with zero attached hydrogens (tertiary/aromatic N) is 3. The van der Waals surface area contributed by atoms with E-state index in [0.717, 1.165) is 12.3 Å². The first-order valence-corrected chi connectivity index (χ1v) is 9.31. The molecule has 0 spiro atoms. The normalized spacial score (nSPS) is 16.5. The molecule has 1 aromatic carbocycles. The minimum atomic E-state index is -4.38. The molecule has 1 unspecified atom stereocenters. The van der Waals surface area contributed by atoms with Crippen molar-refractivity contribution < 1.29 is 27.8 Å². The number of ether oxygens (including phenoxy) is 2. The van der Waals surface area contributed by atoms with Crippen LogP contribution in [0.5, 0.6) is 11.5 Å². The van der Waals surface area contributed by atoms with E-state index >= 15 is 0 Å². The van der Waals surface area contributed by atoms with E-state index in [0.29, 0.717) is 50.0 Å². The summed E-state index contributed by atoms with van der Waals surface area (Å²) < 4.78 is 48.8. The molecule has 0 radical (unpaired) electrons. The number of piperazine rings is 1. The van der Waals surface area contributed by atoms with E-state index in [4.69, 9.17) is 9.47 Å². The summed E-state index contributed by atoms with van der Waals surface area (Å²) in [6.45, 7) is 3.18. The number of hydrogen-bond acceptors (Lipinski definition) is 6. The molecule has 2 aromatic rings. The van der Waals surface area contributed by atoms with E-state index in [-0.39, 0.29) is 6.61 Å². The molecule has 1 aliphatic heterocycles. The maximum atomic E-state index is 12.6. The zero-order valence-corrected chi connectivity index (χ0v) is 16.1. The Bertz CT molecular complexity index is 779.